The molecule has 0 saturated heterocycles. The Morgan fingerprint density at radius 3 is 1.96 bits per heavy atom. The number of imidazole rings is 1. The molecule has 50 heavy (non-hydrogen) atoms. The fraction of sp³-hybridized carbons (Fsp3) is 0.0667. The molecule has 4 nitrogen and oxygen atoms in total. The first kappa shape index (κ1) is 33.0. The minimum atomic E-state index is 0. The van der Waals surface area contributed by atoms with Crippen molar-refractivity contribution < 1.29 is 26.2 Å². The number of aromatic nitrogens is 3. The van der Waals surface area contributed by atoms with Crippen molar-refractivity contribution in [2.24, 2.45) is 7.05 Å². The molecule has 8 rings (SSSR count). The minimum absolute atomic E-state index is 0. The largest absolute Gasteiger partial charge is 0.507 e. The van der Waals surface area contributed by atoms with Crippen LogP contribution in [-0.2, 0) is 28.1 Å². The molecule has 2 aromatic heterocycles. The average molecular weight is 828 g/mol. The standard InChI is InChI=1S/C45H34N3O.Pt/c1-30(31-14-6-3-7-15-31)38-20-13-23-42(49)43(38)45-47-44-39(21-12-22-41(44)48(45)2)36-26-35(33-18-10-5-11-19-33)27-37(28-36)40-25-24-34(29-46-40)32-16-8-4-9-17-32;/h3-27,29-30,49H,1-2H3;/q-1;. The van der Waals surface area contributed by atoms with Gasteiger partial charge in [-0.2, -0.15) is 0 Å². The quantitative estimate of drug-likeness (QED) is 0.163. The zero-order valence-electron chi connectivity index (χ0n) is 27.7. The molecule has 0 radical (unpaired) electrons. The zero-order chi connectivity index (χ0) is 33.3. The van der Waals surface area contributed by atoms with Gasteiger partial charge >= 0.3 is 0 Å². The van der Waals surface area contributed by atoms with E-state index in [0.29, 0.717) is 0 Å². The van der Waals surface area contributed by atoms with Crippen LogP contribution in [0.1, 0.15) is 24.0 Å². The summed E-state index contributed by atoms with van der Waals surface area (Å²) in [7, 11) is 2.02. The van der Waals surface area contributed by atoms with Crippen LogP contribution in [0.2, 0.25) is 0 Å². The van der Waals surface area contributed by atoms with Crippen LogP contribution in [0.3, 0.4) is 0 Å². The maximum atomic E-state index is 11.3. The van der Waals surface area contributed by atoms with Gasteiger partial charge in [0.25, 0.3) is 0 Å². The first-order valence-electron chi connectivity index (χ1n) is 16.5. The number of nitrogens with zero attached hydrogens (tertiary/aromatic N) is 3. The summed E-state index contributed by atoms with van der Waals surface area (Å²) in [5.74, 6) is 0.989. The van der Waals surface area contributed by atoms with Crippen LogP contribution in [0.5, 0.6) is 5.75 Å². The third-order valence-corrected chi connectivity index (χ3v) is 9.39. The number of benzene rings is 6. The third-order valence-electron chi connectivity index (χ3n) is 9.39. The van der Waals surface area contributed by atoms with Crippen molar-refractivity contribution in [1.82, 2.24) is 14.5 Å². The Balaban J connectivity index is 0.00000392. The number of aryl methyl sites for hydroxylation is 1. The molecule has 0 aliphatic carbocycles. The van der Waals surface area contributed by atoms with E-state index in [1.54, 1.807) is 6.07 Å². The molecule has 0 amide bonds. The molecule has 1 unspecified atom stereocenters. The molecule has 0 saturated carbocycles. The second-order valence-electron chi connectivity index (χ2n) is 12.4. The summed E-state index contributed by atoms with van der Waals surface area (Å²) < 4.78 is 2.08. The molecule has 5 heteroatoms. The average Bonchev–Trinajstić information content (AvgIpc) is 3.51. The van der Waals surface area contributed by atoms with E-state index in [2.05, 4.69) is 127 Å². The summed E-state index contributed by atoms with van der Waals surface area (Å²) in [6.07, 6.45) is 1.93. The molecule has 1 atom stereocenters. The number of rotatable bonds is 7. The van der Waals surface area contributed by atoms with Crippen molar-refractivity contribution in [1.29, 1.82) is 0 Å². The molecule has 8 aromatic rings. The van der Waals surface area contributed by atoms with Crippen molar-refractivity contribution >= 4 is 11.0 Å². The summed E-state index contributed by atoms with van der Waals surface area (Å²) in [4.78, 5) is 10.2. The molecule has 1 N–H and O–H groups in total. The monoisotopic (exact) mass is 827 g/mol. The SMILES string of the molecule is CC(c1ccccc1)c1cccc(O)c1-c1nc2c(-c3[c-]c(-c4ccc(-c5ccccc5)cn4)cc(-c4ccccc4)c3)cccc2n1C.[Pt]. The molecule has 0 spiro atoms. The molecule has 0 aliphatic rings. The fourth-order valence-corrected chi connectivity index (χ4v) is 6.74. The second-order valence-corrected chi connectivity index (χ2v) is 12.4. The maximum absolute atomic E-state index is 11.3. The molecular weight excluding hydrogens is 794 g/mol. The Bertz CT molecular complexity index is 2400. The van der Waals surface area contributed by atoms with E-state index in [9.17, 15) is 5.11 Å². The fourth-order valence-electron chi connectivity index (χ4n) is 6.74. The van der Waals surface area contributed by atoms with Gasteiger partial charge in [-0.3, -0.25) is 4.98 Å². The molecule has 6 aromatic carbocycles. The number of pyridine rings is 1. The number of phenolic OH excluding ortho intramolecular Hbond substituents is 1. The van der Waals surface area contributed by atoms with E-state index < -0.39 is 0 Å². The summed E-state index contributed by atoms with van der Waals surface area (Å²) in [5.41, 5.74) is 12.8. The Labute approximate surface area is 307 Å². The summed E-state index contributed by atoms with van der Waals surface area (Å²) >= 11 is 0. The molecule has 0 fully saturated rings. The van der Waals surface area contributed by atoms with Gasteiger partial charge < -0.3 is 9.67 Å². The van der Waals surface area contributed by atoms with Gasteiger partial charge in [0.1, 0.15) is 11.6 Å². The zero-order valence-corrected chi connectivity index (χ0v) is 30.0. The molecule has 246 valence electrons. The summed E-state index contributed by atoms with van der Waals surface area (Å²) in [5, 5.41) is 11.3. The van der Waals surface area contributed by atoms with Crippen molar-refractivity contribution in [3.8, 4) is 61.8 Å². The number of para-hydroxylation sites is 1. The Morgan fingerprint density at radius 2 is 1.28 bits per heavy atom. The van der Waals surface area contributed by atoms with Crippen molar-refractivity contribution in [2.75, 3.05) is 0 Å². The van der Waals surface area contributed by atoms with Crippen LogP contribution < -0.4 is 0 Å². The Kier molecular flexibility index (Phi) is 9.30. The molecule has 0 bridgehead atoms. The van der Waals surface area contributed by atoms with Crippen molar-refractivity contribution in [3.63, 3.8) is 0 Å². The topological polar surface area (TPSA) is 50.9 Å². The molecule has 0 aliphatic heterocycles. The third kappa shape index (κ3) is 6.19. The summed E-state index contributed by atoms with van der Waals surface area (Å²) in [6.45, 7) is 2.17. The molecule has 2 heterocycles. The van der Waals surface area contributed by atoms with Gasteiger partial charge in [-0.1, -0.05) is 151 Å². The predicted molar refractivity (Wildman–Crippen MR) is 200 cm³/mol. The smallest absolute Gasteiger partial charge is 0.144 e. The normalized spacial score (nSPS) is 11.6. The van der Waals surface area contributed by atoms with Crippen LogP contribution in [0.15, 0.2) is 158 Å². The van der Waals surface area contributed by atoms with Gasteiger partial charge in [0.2, 0.25) is 0 Å². The van der Waals surface area contributed by atoms with Crippen LogP contribution >= 0.6 is 0 Å². The Morgan fingerprint density at radius 1 is 0.640 bits per heavy atom. The van der Waals surface area contributed by atoms with E-state index in [-0.39, 0.29) is 32.7 Å². The van der Waals surface area contributed by atoms with E-state index in [1.807, 2.05) is 49.6 Å². The van der Waals surface area contributed by atoms with E-state index in [0.717, 1.165) is 72.6 Å². The first-order chi connectivity index (χ1) is 24.0. The molecular formula is C45H34N3OPt-. The number of phenols is 1. The number of fused-ring (bicyclic) bond motifs is 1. The van der Waals surface area contributed by atoms with E-state index in [4.69, 9.17) is 9.97 Å². The van der Waals surface area contributed by atoms with Gasteiger partial charge in [0.05, 0.1) is 16.6 Å². The van der Waals surface area contributed by atoms with Crippen LogP contribution in [0.25, 0.3) is 67.1 Å². The number of hydrogen-bond donors (Lipinski definition) is 1. The Hall–Kier alpha value is -5.57. The summed E-state index contributed by atoms with van der Waals surface area (Å²) in [6, 6.07) is 55.3. The second kappa shape index (κ2) is 14.1. The predicted octanol–water partition coefficient (Wildman–Crippen LogP) is 11.0. The number of aromatic hydroxyl groups is 1. The number of hydrogen-bond acceptors (Lipinski definition) is 3. The van der Waals surface area contributed by atoms with Gasteiger partial charge in [-0.05, 0) is 39.9 Å². The minimum Gasteiger partial charge on any atom is -0.507 e. The maximum Gasteiger partial charge on any atom is 0.144 e. The van der Waals surface area contributed by atoms with Gasteiger partial charge in [-0.25, -0.2) is 4.98 Å². The van der Waals surface area contributed by atoms with E-state index >= 15 is 0 Å². The van der Waals surface area contributed by atoms with Crippen molar-refractivity contribution in [2.45, 2.75) is 12.8 Å². The van der Waals surface area contributed by atoms with Gasteiger partial charge in [0, 0.05) is 45.9 Å². The van der Waals surface area contributed by atoms with Gasteiger partial charge in [0.15, 0.2) is 0 Å². The van der Waals surface area contributed by atoms with Crippen LogP contribution in [0.4, 0.5) is 0 Å². The van der Waals surface area contributed by atoms with Gasteiger partial charge in [-0.15, -0.1) is 23.8 Å². The van der Waals surface area contributed by atoms with Crippen LogP contribution in [-0.4, -0.2) is 19.6 Å². The first-order valence-corrected chi connectivity index (χ1v) is 16.5. The van der Waals surface area contributed by atoms with Crippen molar-refractivity contribution in [3.05, 3.63) is 175 Å². The van der Waals surface area contributed by atoms with E-state index in [1.165, 1.54) is 5.56 Å². The van der Waals surface area contributed by atoms with Crippen LogP contribution in [0, 0.1) is 6.07 Å².